The molecule has 118 valence electrons. The number of pyridine rings is 1. The predicted octanol–water partition coefficient (Wildman–Crippen LogP) is 3.08. The van der Waals surface area contributed by atoms with Crippen molar-refractivity contribution in [3.63, 3.8) is 0 Å². The molecular formula is C18H15N5O. The number of carbonyl (C=O) groups is 1. The summed E-state index contributed by atoms with van der Waals surface area (Å²) < 4.78 is 3.60. The number of amides is 1. The average molecular weight is 317 g/mol. The average Bonchev–Trinajstić information content (AvgIpc) is 3.21. The number of hydrogen-bond donors (Lipinski definition) is 1. The van der Waals surface area contributed by atoms with Crippen molar-refractivity contribution in [3.8, 4) is 5.69 Å². The molecule has 6 nitrogen and oxygen atoms in total. The molecule has 1 amide bonds. The standard InChI is InChI=1S/C18H15N5O/c1-13-17(16-7-2-3-9-23(16)21-13)18(24)20-14-5-4-6-15(11-14)22-10-8-19-12-22/h2-12H,1H3,(H,20,24). The van der Waals surface area contributed by atoms with E-state index in [2.05, 4.69) is 15.4 Å². The predicted molar refractivity (Wildman–Crippen MR) is 91.4 cm³/mol. The van der Waals surface area contributed by atoms with Gasteiger partial charge >= 0.3 is 0 Å². The molecule has 3 aromatic heterocycles. The summed E-state index contributed by atoms with van der Waals surface area (Å²) in [7, 11) is 0. The van der Waals surface area contributed by atoms with E-state index < -0.39 is 0 Å². The summed E-state index contributed by atoms with van der Waals surface area (Å²) in [6.07, 6.45) is 7.12. The Bertz CT molecular complexity index is 1020. The molecule has 6 heteroatoms. The van der Waals surface area contributed by atoms with Crippen LogP contribution in [0.15, 0.2) is 67.4 Å². The zero-order chi connectivity index (χ0) is 16.5. The Balaban J connectivity index is 1.67. The topological polar surface area (TPSA) is 64.2 Å². The Hall–Kier alpha value is -3.41. The lowest BCUT2D eigenvalue weighted by Gasteiger charge is -2.08. The number of imidazole rings is 1. The first kappa shape index (κ1) is 14.2. The van der Waals surface area contributed by atoms with Crippen molar-refractivity contribution < 1.29 is 4.79 Å². The highest BCUT2D eigenvalue weighted by molar-refractivity contribution is 6.09. The number of anilines is 1. The third kappa shape index (κ3) is 2.44. The monoisotopic (exact) mass is 317 g/mol. The van der Waals surface area contributed by atoms with Crippen molar-refractivity contribution in [1.29, 1.82) is 0 Å². The van der Waals surface area contributed by atoms with Gasteiger partial charge in [-0.1, -0.05) is 12.1 Å². The lowest BCUT2D eigenvalue weighted by molar-refractivity contribution is 0.102. The second-order valence-corrected chi connectivity index (χ2v) is 5.47. The van der Waals surface area contributed by atoms with E-state index in [-0.39, 0.29) is 5.91 Å². The summed E-state index contributed by atoms with van der Waals surface area (Å²) in [5, 5.41) is 7.33. The molecule has 0 aliphatic heterocycles. The van der Waals surface area contributed by atoms with E-state index in [1.54, 1.807) is 17.0 Å². The van der Waals surface area contributed by atoms with Crippen LogP contribution >= 0.6 is 0 Å². The Morgan fingerprint density at radius 1 is 1.12 bits per heavy atom. The van der Waals surface area contributed by atoms with E-state index in [4.69, 9.17) is 0 Å². The molecule has 0 bridgehead atoms. The second-order valence-electron chi connectivity index (χ2n) is 5.47. The van der Waals surface area contributed by atoms with Crippen molar-refractivity contribution in [2.45, 2.75) is 6.92 Å². The van der Waals surface area contributed by atoms with Gasteiger partial charge in [-0.25, -0.2) is 9.50 Å². The molecule has 0 saturated heterocycles. The molecule has 0 unspecified atom stereocenters. The number of nitrogens with one attached hydrogen (secondary N) is 1. The third-order valence-electron chi connectivity index (χ3n) is 3.85. The molecule has 1 aromatic carbocycles. The van der Waals surface area contributed by atoms with Crippen LogP contribution in [0.5, 0.6) is 0 Å². The van der Waals surface area contributed by atoms with Gasteiger partial charge < -0.3 is 9.88 Å². The van der Waals surface area contributed by atoms with Crippen molar-refractivity contribution in [3.05, 3.63) is 78.6 Å². The van der Waals surface area contributed by atoms with Crippen LogP contribution in [0.25, 0.3) is 11.2 Å². The number of aryl methyl sites for hydroxylation is 1. The van der Waals surface area contributed by atoms with Crippen LogP contribution in [-0.2, 0) is 0 Å². The van der Waals surface area contributed by atoms with Crippen LogP contribution in [0.1, 0.15) is 16.1 Å². The fraction of sp³-hybridized carbons (Fsp3) is 0.0556. The lowest BCUT2D eigenvalue weighted by atomic mass is 10.2. The minimum atomic E-state index is -0.170. The van der Waals surface area contributed by atoms with Crippen LogP contribution in [-0.4, -0.2) is 25.1 Å². The van der Waals surface area contributed by atoms with Gasteiger partial charge in [-0.15, -0.1) is 0 Å². The summed E-state index contributed by atoms with van der Waals surface area (Å²) >= 11 is 0. The number of rotatable bonds is 3. The van der Waals surface area contributed by atoms with Crippen LogP contribution < -0.4 is 5.32 Å². The zero-order valence-electron chi connectivity index (χ0n) is 13.0. The largest absolute Gasteiger partial charge is 0.322 e. The van der Waals surface area contributed by atoms with Gasteiger partial charge in [0, 0.05) is 30.0 Å². The highest BCUT2D eigenvalue weighted by Crippen LogP contribution is 2.19. The van der Waals surface area contributed by atoms with Gasteiger partial charge in [-0.3, -0.25) is 4.79 Å². The van der Waals surface area contributed by atoms with Crippen molar-refractivity contribution in [2.75, 3.05) is 5.32 Å². The smallest absolute Gasteiger partial charge is 0.259 e. The SMILES string of the molecule is Cc1nn2ccccc2c1C(=O)Nc1cccc(-n2ccnc2)c1. The Morgan fingerprint density at radius 3 is 2.88 bits per heavy atom. The molecule has 0 spiro atoms. The molecule has 4 rings (SSSR count). The number of carbonyl (C=O) groups excluding carboxylic acids is 1. The number of hydrogen-bond acceptors (Lipinski definition) is 3. The minimum absolute atomic E-state index is 0.170. The summed E-state index contributed by atoms with van der Waals surface area (Å²) in [4.78, 5) is 16.8. The van der Waals surface area contributed by atoms with E-state index in [9.17, 15) is 4.79 Å². The van der Waals surface area contributed by atoms with E-state index in [1.165, 1.54) is 0 Å². The van der Waals surface area contributed by atoms with Gasteiger partial charge in [0.2, 0.25) is 0 Å². The van der Waals surface area contributed by atoms with E-state index in [1.807, 2.05) is 66.3 Å². The minimum Gasteiger partial charge on any atom is -0.322 e. The second kappa shape index (κ2) is 5.66. The molecule has 0 aliphatic rings. The number of benzene rings is 1. The first-order valence-electron chi connectivity index (χ1n) is 7.56. The molecule has 24 heavy (non-hydrogen) atoms. The molecule has 0 aliphatic carbocycles. The highest BCUT2D eigenvalue weighted by Gasteiger charge is 2.17. The Kier molecular flexibility index (Phi) is 3.35. The van der Waals surface area contributed by atoms with E-state index in [0.29, 0.717) is 11.3 Å². The van der Waals surface area contributed by atoms with Gasteiger partial charge in [-0.2, -0.15) is 5.10 Å². The van der Waals surface area contributed by atoms with Gasteiger partial charge in [0.05, 0.1) is 23.1 Å². The normalized spacial score (nSPS) is 10.9. The molecule has 0 radical (unpaired) electrons. The summed E-state index contributed by atoms with van der Waals surface area (Å²) in [6.45, 7) is 1.84. The number of nitrogens with zero attached hydrogens (tertiary/aromatic N) is 4. The van der Waals surface area contributed by atoms with Crippen LogP contribution in [0.3, 0.4) is 0 Å². The first-order valence-corrected chi connectivity index (χ1v) is 7.56. The van der Waals surface area contributed by atoms with Gasteiger partial charge in [0.25, 0.3) is 5.91 Å². The highest BCUT2D eigenvalue weighted by atomic mass is 16.1. The van der Waals surface area contributed by atoms with Gasteiger partial charge in [0.15, 0.2) is 0 Å². The van der Waals surface area contributed by atoms with Crippen LogP contribution in [0, 0.1) is 6.92 Å². The molecule has 0 saturated carbocycles. The first-order chi connectivity index (χ1) is 11.7. The van der Waals surface area contributed by atoms with Crippen molar-refractivity contribution in [1.82, 2.24) is 19.2 Å². The fourth-order valence-corrected chi connectivity index (χ4v) is 2.75. The van der Waals surface area contributed by atoms with Crippen molar-refractivity contribution >= 4 is 17.1 Å². The van der Waals surface area contributed by atoms with Crippen molar-refractivity contribution in [2.24, 2.45) is 0 Å². The summed E-state index contributed by atoms with van der Waals surface area (Å²) in [6, 6.07) is 13.3. The fourth-order valence-electron chi connectivity index (χ4n) is 2.75. The van der Waals surface area contributed by atoms with Crippen LogP contribution in [0.4, 0.5) is 5.69 Å². The Labute approximate surface area is 138 Å². The maximum absolute atomic E-state index is 12.7. The maximum atomic E-state index is 12.7. The summed E-state index contributed by atoms with van der Waals surface area (Å²) in [5.41, 5.74) is 3.73. The molecule has 0 fully saturated rings. The van der Waals surface area contributed by atoms with E-state index >= 15 is 0 Å². The Morgan fingerprint density at radius 2 is 2.04 bits per heavy atom. The van der Waals surface area contributed by atoms with Gasteiger partial charge in [0.1, 0.15) is 0 Å². The quantitative estimate of drug-likeness (QED) is 0.631. The number of aromatic nitrogens is 4. The van der Waals surface area contributed by atoms with Crippen LogP contribution in [0.2, 0.25) is 0 Å². The molecule has 0 atom stereocenters. The molecule has 4 aromatic rings. The molecule has 1 N–H and O–H groups in total. The molecular weight excluding hydrogens is 302 g/mol. The molecule has 3 heterocycles. The third-order valence-corrected chi connectivity index (χ3v) is 3.85. The lowest BCUT2D eigenvalue weighted by Crippen LogP contribution is -2.13. The van der Waals surface area contributed by atoms with Gasteiger partial charge in [-0.05, 0) is 37.3 Å². The summed E-state index contributed by atoms with van der Waals surface area (Å²) in [5.74, 6) is -0.170. The zero-order valence-corrected chi connectivity index (χ0v) is 13.0. The maximum Gasteiger partial charge on any atom is 0.259 e. The van der Waals surface area contributed by atoms with E-state index in [0.717, 1.165) is 16.9 Å². The number of fused-ring (bicyclic) bond motifs is 1.